The molecule has 0 spiro atoms. The zero-order valence-electron chi connectivity index (χ0n) is 11.5. The molecule has 0 unspecified atom stereocenters. The number of carbonyl (C=O) groups is 1. The highest BCUT2D eigenvalue weighted by Crippen LogP contribution is 2.24. The number of benzene rings is 1. The van der Waals surface area contributed by atoms with E-state index in [4.69, 9.17) is 0 Å². The number of amides is 1. The lowest BCUT2D eigenvalue weighted by atomic mass is 10.2. The predicted molar refractivity (Wildman–Crippen MR) is 82.7 cm³/mol. The number of hydrogen-bond donors (Lipinski definition) is 2. The molecule has 1 heterocycles. The Kier molecular flexibility index (Phi) is 4.89. The fourth-order valence-corrected chi connectivity index (χ4v) is 2.54. The van der Waals surface area contributed by atoms with Crippen molar-refractivity contribution in [1.82, 2.24) is 5.32 Å². The van der Waals surface area contributed by atoms with E-state index in [9.17, 15) is 14.9 Å². The Balaban J connectivity index is 2.01. The number of hydrogen-bond acceptors (Lipinski definition) is 5. The number of thiophene rings is 1. The molecule has 110 valence electrons. The van der Waals surface area contributed by atoms with E-state index in [0.717, 1.165) is 21.9 Å². The fourth-order valence-electron chi connectivity index (χ4n) is 1.78. The average Bonchev–Trinajstić information content (AvgIpc) is 2.95. The highest BCUT2D eigenvalue weighted by Gasteiger charge is 2.09. The summed E-state index contributed by atoms with van der Waals surface area (Å²) in [5.41, 5.74) is 1.38. The molecule has 7 heteroatoms. The van der Waals surface area contributed by atoms with E-state index in [1.807, 2.05) is 13.0 Å². The third-order valence-electron chi connectivity index (χ3n) is 2.76. The predicted octanol–water partition coefficient (Wildman–Crippen LogP) is 3.02. The summed E-state index contributed by atoms with van der Waals surface area (Å²) >= 11 is 1.14. The zero-order chi connectivity index (χ0) is 15.2. The van der Waals surface area contributed by atoms with E-state index in [0.29, 0.717) is 18.7 Å². The van der Waals surface area contributed by atoms with Crippen LogP contribution in [0, 0.1) is 10.1 Å². The molecule has 2 rings (SSSR count). The molecular formula is C14H15N3O3S. The number of nitro groups is 1. The molecule has 1 aromatic heterocycles. The zero-order valence-corrected chi connectivity index (χ0v) is 12.3. The van der Waals surface area contributed by atoms with Gasteiger partial charge in [0, 0.05) is 35.3 Å². The Hall–Kier alpha value is -2.41. The molecule has 6 nitrogen and oxygen atoms in total. The van der Waals surface area contributed by atoms with Gasteiger partial charge in [-0.25, -0.2) is 0 Å². The van der Waals surface area contributed by atoms with E-state index in [1.54, 1.807) is 24.3 Å². The summed E-state index contributed by atoms with van der Waals surface area (Å²) < 4.78 is 0. The summed E-state index contributed by atoms with van der Waals surface area (Å²) in [5, 5.41) is 16.6. The van der Waals surface area contributed by atoms with Gasteiger partial charge in [-0.1, -0.05) is 17.4 Å². The maximum atomic E-state index is 11.7. The minimum atomic E-state index is -0.399. The SMILES string of the molecule is CCNC(=O)c1cccc(NCc2ccc([N+](=O)[O-])s2)c1. The third-order valence-corrected chi connectivity index (χ3v) is 3.79. The summed E-state index contributed by atoms with van der Waals surface area (Å²) in [6, 6.07) is 10.4. The van der Waals surface area contributed by atoms with Gasteiger partial charge in [-0.05, 0) is 31.2 Å². The van der Waals surface area contributed by atoms with Gasteiger partial charge in [-0.2, -0.15) is 0 Å². The minimum absolute atomic E-state index is 0.118. The van der Waals surface area contributed by atoms with Gasteiger partial charge < -0.3 is 10.6 Å². The van der Waals surface area contributed by atoms with Gasteiger partial charge in [0.2, 0.25) is 0 Å². The number of carbonyl (C=O) groups excluding carboxylic acids is 1. The van der Waals surface area contributed by atoms with E-state index < -0.39 is 4.92 Å². The van der Waals surface area contributed by atoms with Crippen molar-refractivity contribution in [2.45, 2.75) is 13.5 Å². The number of nitrogens with one attached hydrogen (secondary N) is 2. The Bertz CT molecular complexity index is 654. The second-order valence-corrected chi connectivity index (χ2v) is 5.44. The lowest BCUT2D eigenvalue weighted by molar-refractivity contribution is -0.380. The van der Waals surface area contributed by atoms with Gasteiger partial charge in [-0.15, -0.1) is 0 Å². The molecule has 0 aliphatic carbocycles. The van der Waals surface area contributed by atoms with E-state index in [1.165, 1.54) is 6.07 Å². The number of anilines is 1. The topological polar surface area (TPSA) is 84.3 Å². The number of nitrogens with zero attached hydrogens (tertiary/aromatic N) is 1. The molecule has 0 saturated heterocycles. The van der Waals surface area contributed by atoms with Crippen molar-refractivity contribution in [3.8, 4) is 0 Å². The Morgan fingerprint density at radius 2 is 2.14 bits per heavy atom. The first kappa shape index (κ1) is 15.0. The second kappa shape index (κ2) is 6.85. The van der Waals surface area contributed by atoms with Crippen LogP contribution in [0.2, 0.25) is 0 Å². The van der Waals surface area contributed by atoms with E-state index >= 15 is 0 Å². The summed E-state index contributed by atoms with van der Waals surface area (Å²) in [5.74, 6) is -0.118. The molecule has 0 fully saturated rings. The lowest BCUT2D eigenvalue weighted by Gasteiger charge is -2.07. The first-order valence-electron chi connectivity index (χ1n) is 6.45. The maximum absolute atomic E-state index is 11.7. The van der Waals surface area contributed by atoms with Crippen LogP contribution in [0.15, 0.2) is 36.4 Å². The van der Waals surface area contributed by atoms with Gasteiger partial charge >= 0.3 is 5.00 Å². The molecule has 21 heavy (non-hydrogen) atoms. The van der Waals surface area contributed by atoms with Gasteiger partial charge in [0.1, 0.15) is 0 Å². The molecule has 0 aliphatic rings. The van der Waals surface area contributed by atoms with E-state index in [-0.39, 0.29) is 10.9 Å². The van der Waals surface area contributed by atoms with Crippen molar-refractivity contribution in [1.29, 1.82) is 0 Å². The first-order valence-corrected chi connectivity index (χ1v) is 7.27. The average molecular weight is 305 g/mol. The molecule has 1 amide bonds. The molecule has 0 radical (unpaired) electrons. The standard InChI is InChI=1S/C14H15N3O3S/c1-2-15-14(18)10-4-3-5-11(8-10)16-9-12-6-7-13(21-12)17(19)20/h3-8,16H,2,9H2,1H3,(H,15,18). The van der Waals surface area contributed by atoms with Crippen LogP contribution in [0.1, 0.15) is 22.2 Å². The Labute approximate surface area is 126 Å². The summed E-state index contributed by atoms with van der Waals surface area (Å²) in [4.78, 5) is 22.8. The molecule has 2 aromatic rings. The fraction of sp³-hybridized carbons (Fsp3) is 0.214. The third kappa shape index (κ3) is 4.03. The van der Waals surface area contributed by atoms with Crippen LogP contribution in [0.25, 0.3) is 0 Å². The summed E-state index contributed by atoms with van der Waals surface area (Å²) in [7, 11) is 0. The smallest absolute Gasteiger partial charge is 0.324 e. The van der Waals surface area contributed by atoms with Crippen LogP contribution < -0.4 is 10.6 Å². The van der Waals surface area contributed by atoms with Crippen molar-refractivity contribution in [3.63, 3.8) is 0 Å². The lowest BCUT2D eigenvalue weighted by Crippen LogP contribution is -2.22. The Morgan fingerprint density at radius 1 is 1.33 bits per heavy atom. The molecule has 0 saturated carbocycles. The summed E-state index contributed by atoms with van der Waals surface area (Å²) in [6.45, 7) is 2.93. The van der Waals surface area contributed by atoms with Crippen LogP contribution in [0.3, 0.4) is 0 Å². The molecule has 0 aliphatic heterocycles. The Morgan fingerprint density at radius 3 is 2.81 bits per heavy atom. The quantitative estimate of drug-likeness (QED) is 0.634. The largest absolute Gasteiger partial charge is 0.380 e. The molecular weight excluding hydrogens is 290 g/mol. The highest BCUT2D eigenvalue weighted by atomic mass is 32.1. The first-order chi connectivity index (χ1) is 10.1. The van der Waals surface area contributed by atoms with Crippen molar-refractivity contribution in [2.75, 3.05) is 11.9 Å². The van der Waals surface area contributed by atoms with Crippen molar-refractivity contribution < 1.29 is 9.72 Å². The monoisotopic (exact) mass is 305 g/mol. The molecule has 0 bridgehead atoms. The van der Waals surface area contributed by atoms with Crippen LogP contribution in [-0.4, -0.2) is 17.4 Å². The number of rotatable bonds is 6. The van der Waals surface area contributed by atoms with E-state index in [2.05, 4.69) is 10.6 Å². The minimum Gasteiger partial charge on any atom is -0.380 e. The molecule has 0 atom stereocenters. The van der Waals surface area contributed by atoms with Gasteiger partial charge in [0.05, 0.1) is 4.92 Å². The molecule has 2 N–H and O–H groups in total. The highest BCUT2D eigenvalue weighted by molar-refractivity contribution is 7.15. The van der Waals surface area contributed by atoms with Crippen LogP contribution in [0.5, 0.6) is 0 Å². The summed E-state index contributed by atoms with van der Waals surface area (Å²) in [6.07, 6.45) is 0. The van der Waals surface area contributed by atoms with Gasteiger partial charge in [-0.3, -0.25) is 14.9 Å². The van der Waals surface area contributed by atoms with Gasteiger partial charge in [0.25, 0.3) is 5.91 Å². The maximum Gasteiger partial charge on any atom is 0.324 e. The van der Waals surface area contributed by atoms with Crippen LogP contribution >= 0.6 is 11.3 Å². The van der Waals surface area contributed by atoms with Crippen LogP contribution in [-0.2, 0) is 6.54 Å². The van der Waals surface area contributed by atoms with Gasteiger partial charge in [0.15, 0.2) is 0 Å². The second-order valence-electron chi connectivity index (χ2n) is 4.29. The molecule has 1 aromatic carbocycles. The van der Waals surface area contributed by atoms with Crippen molar-refractivity contribution >= 4 is 27.9 Å². The van der Waals surface area contributed by atoms with Crippen LogP contribution in [0.4, 0.5) is 10.7 Å². The van der Waals surface area contributed by atoms with Crippen molar-refractivity contribution in [2.24, 2.45) is 0 Å². The normalized spacial score (nSPS) is 10.1. The van der Waals surface area contributed by atoms with Crippen molar-refractivity contribution in [3.05, 3.63) is 57.0 Å².